The molecule has 3 heteroatoms. The summed E-state index contributed by atoms with van der Waals surface area (Å²) in [6, 6.07) is 16.3. The fourth-order valence-electron chi connectivity index (χ4n) is 2.92. The first-order valence-corrected chi connectivity index (χ1v) is 8.40. The highest BCUT2D eigenvalue weighted by Crippen LogP contribution is 2.24. The van der Waals surface area contributed by atoms with Gasteiger partial charge in [-0.05, 0) is 75.2 Å². The Morgan fingerprint density at radius 3 is 2.38 bits per heavy atom. The van der Waals surface area contributed by atoms with E-state index in [4.69, 9.17) is 16.6 Å². The average Bonchev–Trinajstić information content (AvgIpc) is 2.84. The van der Waals surface area contributed by atoms with E-state index < -0.39 is 0 Å². The van der Waals surface area contributed by atoms with Crippen LogP contribution >= 0.6 is 11.6 Å². The first kappa shape index (κ1) is 16.5. The van der Waals surface area contributed by atoms with Crippen LogP contribution in [0.25, 0.3) is 5.69 Å². The Kier molecular flexibility index (Phi) is 4.59. The van der Waals surface area contributed by atoms with E-state index in [9.17, 15) is 0 Å². The maximum Gasteiger partial charge on any atom is 0.0661 e. The van der Waals surface area contributed by atoms with Gasteiger partial charge < -0.3 is 4.57 Å². The molecule has 3 aromatic rings. The smallest absolute Gasteiger partial charge is 0.0661 e. The molecule has 1 aromatic heterocycles. The Morgan fingerprint density at radius 1 is 0.958 bits per heavy atom. The van der Waals surface area contributed by atoms with Crippen molar-refractivity contribution in [2.75, 3.05) is 0 Å². The van der Waals surface area contributed by atoms with Crippen LogP contribution in [-0.2, 0) is 0 Å². The summed E-state index contributed by atoms with van der Waals surface area (Å²) in [4.78, 5) is 4.70. The van der Waals surface area contributed by atoms with Crippen LogP contribution in [0.4, 0.5) is 5.69 Å². The van der Waals surface area contributed by atoms with E-state index in [0.29, 0.717) is 0 Å². The van der Waals surface area contributed by atoms with Crippen LogP contribution in [0.5, 0.6) is 0 Å². The van der Waals surface area contributed by atoms with Crippen LogP contribution in [-0.4, -0.2) is 10.8 Å². The largest absolute Gasteiger partial charge is 0.318 e. The monoisotopic (exact) mass is 336 g/mol. The van der Waals surface area contributed by atoms with Gasteiger partial charge in [-0.25, -0.2) is 0 Å². The average molecular weight is 337 g/mol. The molecule has 0 saturated heterocycles. The molecular formula is C21H21ClN2. The van der Waals surface area contributed by atoms with Gasteiger partial charge in [-0.3, -0.25) is 4.99 Å². The Balaban J connectivity index is 1.98. The maximum absolute atomic E-state index is 6.00. The molecule has 0 fully saturated rings. The van der Waals surface area contributed by atoms with Crippen LogP contribution < -0.4 is 0 Å². The number of rotatable bonds is 3. The fourth-order valence-corrected chi connectivity index (χ4v) is 3.05. The van der Waals surface area contributed by atoms with Crippen LogP contribution in [0.1, 0.15) is 28.1 Å². The van der Waals surface area contributed by atoms with Crippen molar-refractivity contribution in [2.45, 2.75) is 27.7 Å². The van der Waals surface area contributed by atoms with E-state index in [2.05, 4.69) is 50.5 Å². The second kappa shape index (κ2) is 6.66. The number of hydrogen-bond acceptors (Lipinski definition) is 1. The quantitative estimate of drug-likeness (QED) is 0.513. The lowest BCUT2D eigenvalue weighted by Crippen LogP contribution is -1.99. The van der Waals surface area contributed by atoms with E-state index in [-0.39, 0.29) is 0 Å². The van der Waals surface area contributed by atoms with Gasteiger partial charge in [0.2, 0.25) is 0 Å². The Labute approximate surface area is 148 Å². The molecule has 0 spiro atoms. The summed E-state index contributed by atoms with van der Waals surface area (Å²) in [6.45, 7) is 8.45. The Hall–Kier alpha value is -2.32. The highest BCUT2D eigenvalue weighted by Gasteiger charge is 2.09. The van der Waals surface area contributed by atoms with E-state index >= 15 is 0 Å². The minimum atomic E-state index is 0.748. The van der Waals surface area contributed by atoms with Crippen LogP contribution in [0.15, 0.2) is 53.5 Å². The molecule has 0 aliphatic carbocycles. The molecule has 24 heavy (non-hydrogen) atoms. The zero-order chi connectivity index (χ0) is 17.3. The zero-order valence-electron chi connectivity index (χ0n) is 14.5. The number of aliphatic imine (C=N–C) groups is 1. The molecule has 0 unspecified atom stereocenters. The summed E-state index contributed by atoms with van der Waals surface area (Å²) in [5.41, 5.74) is 8.09. The van der Waals surface area contributed by atoms with Crippen molar-refractivity contribution < 1.29 is 0 Å². The Morgan fingerprint density at radius 2 is 1.67 bits per heavy atom. The molecule has 122 valence electrons. The third-order valence-electron chi connectivity index (χ3n) is 4.47. The number of nitrogens with zero attached hydrogens (tertiary/aromatic N) is 2. The predicted molar refractivity (Wildman–Crippen MR) is 103 cm³/mol. The topological polar surface area (TPSA) is 17.3 Å². The maximum atomic E-state index is 6.00. The van der Waals surface area contributed by atoms with Crippen molar-refractivity contribution in [2.24, 2.45) is 4.99 Å². The third-order valence-corrected chi connectivity index (χ3v) is 4.73. The molecule has 1 heterocycles. The highest BCUT2D eigenvalue weighted by molar-refractivity contribution is 6.30. The summed E-state index contributed by atoms with van der Waals surface area (Å²) in [5.74, 6) is 0. The summed E-state index contributed by atoms with van der Waals surface area (Å²) >= 11 is 6.00. The first-order valence-electron chi connectivity index (χ1n) is 8.02. The molecule has 0 aliphatic heterocycles. The van der Waals surface area contributed by atoms with Crippen molar-refractivity contribution in [1.29, 1.82) is 0 Å². The van der Waals surface area contributed by atoms with E-state index in [1.807, 2.05) is 36.5 Å². The van der Waals surface area contributed by atoms with Gasteiger partial charge in [0.25, 0.3) is 0 Å². The standard InChI is InChI=1S/C21H21ClN2/c1-14-6-5-7-21(16(14)3)23-13-18-12-15(2)24(17(18)4)20-10-8-19(22)9-11-20/h5-13H,1-4H3. The highest BCUT2D eigenvalue weighted by atomic mass is 35.5. The van der Waals surface area contributed by atoms with E-state index in [0.717, 1.165) is 22.0 Å². The summed E-state index contributed by atoms with van der Waals surface area (Å²) in [6.07, 6.45) is 1.95. The molecule has 0 amide bonds. The second-order valence-electron chi connectivity index (χ2n) is 6.12. The van der Waals surface area contributed by atoms with Crippen molar-refractivity contribution in [1.82, 2.24) is 4.57 Å². The SMILES string of the molecule is Cc1cccc(N=Cc2cc(C)n(-c3ccc(Cl)cc3)c2C)c1C. The van der Waals surface area contributed by atoms with Gasteiger partial charge in [0.05, 0.1) is 5.69 Å². The van der Waals surface area contributed by atoms with Crippen molar-refractivity contribution in [3.05, 3.63) is 81.6 Å². The van der Waals surface area contributed by atoms with Gasteiger partial charge in [-0.15, -0.1) is 0 Å². The van der Waals surface area contributed by atoms with Gasteiger partial charge in [-0.1, -0.05) is 23.7 Å². The van der Waals surface area contributed by atoms with E-state index in [1.165, 1.54) is 22.5 Å². The number of aromatic nitrogens is 1. The van der Waals surface area contributed by atoms with Crippen LogP contribution in [0.3, 0.4) is 0 Å². The number of benzene rings is 2. The molecule has 2 aromatic carbocycles. The van der Waals surface area contributed by atoms with Crippen molar-refractivity contribution >= 4 is 23.5 Å². The lowest BCUT2D eigenvalue weighted by Gasteiger charge is -2.09. The van der Waals surface area contributed by atoms with Gasteiger partial charge >= 0.3 is 0 Å². The second-order valence-corrected chi connectivity index (χ2v) is 6.55. The Bertz CT molecular complexity index is 902. The van der Waals surface area contributed by atoms with Crippen LogP contribution in [0.2, 0.25) is 5.02 Å². The van der Waals surface area contributed by atoms with Crippen LogP contribution in [0, 0.1) is 27.7 Å². The summed E-state index contributed by atoms with van der Waals surface area (Å²) < 4.78 is 2.22. The van der Waals surface area contributed by atoms with E-state index in [1.54, 1.807) is 0 Å². The molecular weight excluding hydrogens is 316 g/mol. The lowest BCUT2D eigenvalue weighted by molar-refractivity contribution is 0.965. The molecule has 0 saturated carbocycles. The molecule has 2 nitrogen and oxygen atoms in total. The fraction of sp³-hybridized carbons (Fsp3) is 0.190. The molecule has 0 aliphatic rings. The molecule has 0 bridgehead atoms. The lowest BCUT2D eigenvalue weighted by atomic mass is 10.1. The molecule has 0 N–H and O–H groups in total. The zero-order valence-corrected chi connectivity index (χ0v) is 15.2. The van der Waals surface area contributed by atoms with Crippen molar-refractivity contribution in [3.8, 4) is 5.69 Å². The number of aryl methyl sites for hydroxylation is 2. The van der Waals surface area contributed by atoms with Gasteiger partial charge in [0.1, 0.15) is 0 Å². The predicted octanol–water partition coefficient (Wildman–Crippen LogP) is 6.11. The van der Waals surface area contributed by atoms with Gasteiger partial charge in [0.15, 0.2) is 0 Å². The normalized spacial score (nSPS) is 11.4. The van der Waals surface area contributed by atoms with Crippen molar-refractivity contribution in [3.63, 3.8) is 0 Å². The molecule has 3 rings (SSSR count). The summed E-state index contributed by atoms with van der Waals surface area (Å²) in [7, 11) is 0. The number of halogens is 1. The van der Waals surface area contributed by atoms with Gasteiger partial charge in [0, 0.05) is 33.9 Å². The minimum Gasteiger partial charge on any atom is -0.318 e. The minimum absolute atomic E-state index is 0.748. The third kappa shape index (κ3) is 3.15. The number of hydrogen-bond donors (Lipinski definition) is 0. The first-order chi connectivity index (χ1) is 11.5. The summed E-state index contributed by atoms with van der Waals surface area (Å²) in [5, 5.41) is 0.748. The van der Waals surface area contributed by atoms with Gasteiger partial charge in [-0.2, -0.15) is 0 Å². The molecule has 0 radical (unpaired) electrons. The molecule has 0 atom stereocenters.